The predicted octanol–water partition coefficient (Wildman–Crippen LogP) is 3.34. The lowest BCUT2D eigenvalue weighted by Gasteiger charge is -2.18. The van der Waals surface area contributed by atoms with Gasteiger partial charge in [0.05, 0.1) is 18.8 Å². The zero-order valence-electron chi connectivity index (χ0n) is 14.1. The second kappa shape index (κ2) is 7.93. The molecule has 0 bridgehead atoms. The molecule has 2 rings (SSSR count). The van der Waals surface area contributed by atoms with Crippen molar-refractivity contribution >= 4 is 5.91 Å². The molecule has 5 heteroatoms. The number of benzene rings is 2. The molecular formula is C19H22FNO3. The highest BCUT2D eigenvalue weighted by Gasteiger charge is 2.17. The van der Waals surface area contributed by atoms with E-state index in [2.05, 4.69) is 0 Å². The molecule has 1 N–H and O–H groups in total. The van der Waals surface area contributed by atoms with Crippen LogP contribution in [0, 0.1) is 5.82 Å². The van der Waals surface area contributed by atoms with Crippen molar-refractivity contribution in [1.29, 1.82) is 0 Å². The first-order valence-electron chi connectivity index (χ1n) is 7.80. The van der Waals surface area contributed by atoms with Gasteiger partial charge in [0, 0.05) is 13.6 Å². The van der Waals surface area contributed by atoms with E-state index < -0.39 is 17.8 Å². The first-order valence-corrected chi connectivity index (χ1v) is 7.80. The van der Waals surface area contributed by atoms with Gasteiger partial charge >= 0.3 is 0 Å². The molecule has 0 aromatic heterocycles. The summed E-state index contributed by atoms with van der Waals surface area (Å²) >= 11 is 0. The van der Waals surface area contributed by atoms with Crippen molar-refractivity contribution in [3.63, 3.8) is 0 Å². The number of carbonyl (C=O) groups is 1. The summed E-state index contributed by atoms with van der Waals surface area (Å²) in [6.07, 6.45) is -0.0455. The second-order valence-electron chi connectivity index (χ2n) is 5.79. The lowest BCUT2D eigenvalue weighted by Crippen LogP contribution is -2.30. The Hall–Kier alpha value is -2.40. The Labute approximate surface area is 141 Å². The minimum absolute atomic E-state index is 0.0281. The lowest BCUT2D eigenvalue weighted by atomic mass is 10.0. The van der Waals surface area contributed by atoms with E-state index in [4.69, 9.17) is 4.74 Å². The Balaban J connectivity index is 2.18. The summed E-state index contributed by atoms with van der Waals surface area (Å²) in [5.74, 6) is -0.225. The maximum atomic E-state index is 14.4. The zero-order chi connectivity index (χ0) is 17.7. The summed E-state index contributed by atoms with van der Waals surface area (Å²) in [5.41, 5.74) is 1.56. The molecule has 0 saturated carbocycles. The van der Waals surface area contributed by atoms with E-state index in [0.29, 0.717) is 18.5 Å². The van der Waals surface area contributed by atoms with Crippen LogP contribution in [0.15, 0.2) is 42.5 Å². The number of ether oxygens (including phenoxy) is 1. The van der Waals surface area contributed by atoms with Crippen LogP contribution in [0.3, 0.4) is 0 Å². The first-order chi connectivity index (χ1) is 11.4. The molecule has 0 saturated heterocycles. The van der Waals surface area contributed by atoms with Crippen LogP contribution >= 0.6 is 0 Å². The average molecular weight is 331 g/mol. The third-order valence-electron chi connectivity index (χ3n) is 3.85. The molecule has 2 aromatic carbocycles. The minimum atomic E-state index is -0.558. The molecule has 24 heavy (non-hydrogen) atoms. The Morgan fingerprint density at radius 1 is 1.21 bits per heavy atom. The van der Waals surface area contributed by atoms with Crippen molar-refractivity contribution < 1.29 is 19.0 Å². The average Bonchev–Trinajstić information content (AvgIpc) is 2.59. The van der Waals surface area contributed by atoms with Crippen LogP contribution in [-0.2, 0) is 0 Å². The molecule has 2 aromatic rings. The quantitative estimate of drug-likeness (QED) is 0.883. The highest BCUT2D eigenvalue weighted by Crippen LogP contribution is 2.24. The van der Waals surface area contributed by atoms with E-state index in [0.717, 1.165) is 11.3 Å². The topological polar surface area (TPSA) is 49.8 Å². The third-order valence-corrected chi connectivity index (χ3v) is 3.85. The van der Waals surface area contributed by atoms with E-state index in [9.17, 15) is 14.3 Å². The normalized spacial score (nSPS) is 11.9. The van der Waals surface area contributed by atoms with Crippen molar-refractivity contribution in [2.45, 2.75) is 19.4 Å². The largest absolute Gasteiger partial charge is 0.497 e. The molecule has 0 radical (unpaired) electrons. The highest BCUT2D eigenvalue weighted by atomic mass is 19.1. The van der Waals surface area contributed by atoms with Crippen LogP contribution in [0.1, 0.15) is 23.7 Å². The number of rotatable bonds is 6. The number of aliphatic hydroxyl groups is 1. The molecule has 0 heterocycles. The predicted molar refractivity (Wildman–Crippen MR) is 91.6 cm³/mol. The second-order valence-corrected chi connectivity index (χ2v) is 5.79. The zero-order valence-corrected chi connectivity index (χ0v) is 14.1. The minimum Gasteiger partial charge on any atom is -0.497 e. The van der Waals surface area contributed by atoms with Gasteiger partial charge in [-0.1, -0.05) is 18.2 Å². The maximum absolute atomic E-state index is 14.4. The summed E-state index contributed by atoms with van der Waals surface area (Å²) in [4.78, 5) is 13.7. The maximum Gasteiger partial charge on any atom is 0.256 e. The molecule has 4 nitrogen and oxygen atoms in total. The molecular weight excluding hydrogens is 309 g/mol. The van der Waals surface area contributed by atoms with E-state index >= 15 is 0 Å². The number of nitrogens with zero attached hydrogens (tertiary/aromatic N) is 1. The number of methoxy groups -OCH3 is 1. The number of hydrogen-bond acceptors (Lipinski definition) is 3. The fourth-order valence-corrected chi connectivity index (χ4v) is 2.34. The summed E-state index contributed by atoms with van der Waals surface area (Å²) in [6, 6.07) is 11.9. The van der Waals surface area contributed by atoms with Gasteiger partial charge in [0.1, 0.15) is 11.6 Å². The molecule has 1 amide bonds. The van der Waals surface area contributed by atoms with Crippen LogP contribution in [0.5, 0.6) is 5.75 Å². The van der Waals surface area contributed by atoms with Crippen LogP contribution < -0.4 is 4.74 Å². The van der Waals surface area contributed by atoms with Gasteiger partial charge in [-0.2, -0.15) is 0 Å². The monoisotopic (exact) mass is 331 g/mol. The van der Waals surface area contributed by atoms with Crippen molar-refractivity contribution in [1.82, 2.24) is 4.90 Å². The summed E-state index contributed by atoms with van der Waals surface area (Å²) in [6.45, 7) is 2.03. The Morgan fingerprint density at radius 3 is 2.38 bits per heavy atom. The fourth-order valence-electron chi connectivity index (χ4n) is 2.34. The van der Waals surface area contributed by atoms with Crippen molar-refractivity contribution in [2.75, 3.05) is 20.7 Å². The highest BCUT2D eigenvalue weighted by molar-refractivity contribution is 5.94. The van der Waals surface area contributed by atoms with Gasteiger partial charge in [0.2, 0.25) is 0 Å². The Morgan fingerprint density at radius 2 is 1.83 bits per heavy atom. The van der Waals surface area contributed by atoms with Gasteiger partial charge in [-0.15, -0.1) is 0 Å². The van der Waals surface area contributed by atoms with E-state index in [-0.39, 0.29) is 5.56 Å². The lowest BCUT2D eigenvalue weighted by molar-refractivity contribution is 0.0764. The number of carbonyl (C=O) groups excluding carboxylic acids is 1. The van der Waals surface area contributed by atoms with Gasteiger partial charge < -0.3 is 14.7 Å². The molecule has 1 atom stereocenters. The van der Waals surface area contributed by atoms with Gasteiger partial charge in [-0.3, -0.25) is 4.79 Å². The van der Waals surface area contributed by atoms with Gasteiger partial charge in [0.25, 0.3) is 5.91 Å². The van der Waals surface area contributed by atoms with E-state index in [1.807, 2.05) is 12.1 Å². The Bertz CT molecular complexity index is 698. The molecule has 0 aliphatic rings. The first kappa shape index (κ1) is 17.9. The molecule has 128 valence electrons. The summed E-state index contributed by atoms with van der Waals surface area (Å²) < 4.78 is 19.5. The number of halogens is 1. The van der Waals surface area contributed by atoms with Gasteiger partial charge in [-0.25, -0.2) is 4.39 Å². The number of aliphatic hydroxyl groups excluding tert-OH is 1. The Kier molecular flexibility index (Phi) is 5.93. The fraction of sp³-hybridized carbons (Fsp3) is 0.316. The standard InChI is InChI=1S/C19H22FNO3/c1-13(22)10-11-21(2)19(23)17-9-6-15(12-18(17)20)14-4-7-16(24-3)8-5-14/h4-9,12-13,22H,10-11H2,1-3H3. The smallest absolute Gasteiger partial charge is 0.256 e. The van der Waals surface area contributed by atoms with Gasteiger partial charge in [-0.05, 0) is 48.7 Å². The van der Waals surface area contributed by atoms with Crippen molar-refractivity contribution in [3.05, 3.63) is 53.8 Å². The molecule has 1 unspecified atom stereocenters. The van der Waals surface area contributed by atoms with E-state index in [1.165, 1.54) is 17.0 Å². The van der Waals surface area contributed by atoms with Gasteiger partial charge in [0.15, 0.2) is 0 Å². The molecule has 0 fully saturated rings. The summed E-state index contributed by atoms with van der Waals surface area (Å²) in [7, 11) is 3.19. The van der Waals surface area contributed by atoms with E-state index in [1.54, 1.807) is 39.3 Å². The summed E-state index contributed by atoms with van der Waals surface area (Å²) in [5, 5.41) is 9.29. The number of hydrogen-bond donors (Lipinski definition) is 1. The molecule has 0 aliphatic heterocycles. The molecule has 0 aliphatic carbocycles. The molecule has 0 spiro atoms. The van der Waals surface area contributed by atoms with Crippen LogP contribution in [-0.4, -0.2) is 42.7 Å². The SMILES string of the molecule is COc1ccc(-c2ccc(C(=O)N(C)CCC(C)O)c(F)c2)cc1. The van der Waals surface area contributed by atoms with Crippen molar-refractivity contribution in [2.24, 2.45) is 0 Å². The number of amides is 1. The van der Waals surface area contributed by atoms with Crippen LogP contribution in [0.25, 0.3) is 11.1 Å². The van der Waals surface area contributed by atoms with Crippen molar-refractivity contribution in [3.8, 4) is 16.9 Å². The third kappa shape index (κ3) is 4.32. The van der Waals surface area contributed by atoms with Crippen LogP contribution in [0.4, 0.5) is 4.39 Å². The van der Waals surface area contributed by atoms with Crippen LogP contribution in [0.2, 0.25) is 0 Å².